The maximum absolute atomic E-state index is 5.41. The molecule has 0 aliphatic carbocycles. The zero-order chi connectivity index (χ0) is 29.1. The lowest BCUT2D eigenvalue weighted by Crippen LogP contribution is -2.66. The van der Waals surface area contributed by atoms with Gasteiger partial charge < -0.3 is 14.2 Å². The lowest BCUT2D eigenvalue weighted by molar-refractivity contribution is -0.667. The van der Waals surface area contributed by atoms with E-state index in [1.807, 2.05) is 0 Å². The normalized spacial score (nSPS) is 11.0. The first-order chi connectivity index (χ1) is 20.1. The van der Waals surface area contributed by atoms with Crippen LogP contribution in [0.4, 0.5) is 0 Å². The molecule has 0 N–H and O–H groups in total. The minimum Gasteiger partial charge on any atom is -0.497 e. The van der Waals surface area contributed by atoms with Crippen LogP contribution in [0.5, 0.6) is 17.2 Å². The fourth-order valence-electron chi connectivity index (χ4n) is 5.88. The SMILES string of the molecule is CCCC[B-](c1ccc(OC)cc1)(c1ccc(OC)cc1)c1ccc(OC)cc1.CC[n+]1cccc2ccccc21. The van der Waals surface area contributed by atoms with Crippen LogP contribution in [0, 0.1) is 0 Å². The van der Waals surface area contributed by atoms with E-state index in [4.69, 9.17) is 14.2 Å². The third kappa shape index (κ3) is 6.74. The van der Waals surface area contributed by atoms with Crippen molar-refractivity contribution in [3.05, 3.63) is 115 Å². The van der Waals surface area contributed by atoms with Gasteiger partial charge in [-0.15, -0.1) is 0 Å². The largest absolute Gasteiger partial charge is 0.497 e. The Hall–Kier alpha value is -4.25. The number of rotatable bonds is 10. The summed E-state index contributed by atoms with van der Waals surface area (Å²) < 4.78 is 18.5. The van der Waals surface area contributed by atoms with Crippen molar-refractivity contribution in [2.75, 3.05) is 21.3 Å². The van der Waals surface area contributed by atoms with Gasteiger partial charge in [0, 0.05) is 17.5 Å². The third-order valence-electron chi connectivity index (χ3n) is 8.17. The first-order valence-corrected chi connectivity index (χ1v) is 14.6. The number of para-hydroxylation sites is 1. The van der Waals surface area contributed by atoms with Crippen LogP contribution in [0.1, 0.15) is 26.7 Å². The van der Waals surface area contributed by atoms with E-state index in [9.17, 15) is 0 Å². The summed E-state index contributed by atoms with van der Waals surface area (Å²) in [6, 6.07) is 38.3. The minimum absolute atomic E-state index is 0.874. The molecule has 0 saturated carbocycles. The van der Waals surface area contributed by atoms with E-state index in [0.717, 1.165) is 43.0 Å². The zero-order valence-corrected chi connectivity index (χ0v) is 25.0. The quantitative estimate of drug-likeness (QED) is 0.156. The number of aromatic nitrogens is 1. The number of methoxy groups -OCH3 is 3. The smallest absolute Gasteiger partial charge is 0.212 e. The molecule has 0 bridgehead atoms. The Morgan fingerprint density at radius 1 is 0.561 bits per heavy atom. The van der Waals surface area contributed by atoms with E-state index >= 15 is 0 Å². The molecule has 4 aromatic carbocycles. The van der Waals surface area contributed by atoms with Crippen LogP contribution in [-0.4, -0.2) is 27.5 Å². The van der Waals surface area contributed by atoms with Crippen LogP contribution in [0.15, 0.2) is 115 Å². The predicted octanol–water partition coefficient (Wildman–Crippen LogP) is 6.13. The summed E-state index contributed by atoms with van der Waals surface area (Å²) in [7, 11) is 5.12. The van der Waals surface area contributed by atoms with Crippen LogP contribution >= 0.6 is 0 Å². The molecule has 212 valence electrons. The monoisotopic (exact) mass is 547 g/mol. The fourth-order valence-corrected chi connectivity index (χ4v) is 5.88. The highest BCUT2D eigenvalue weighted by Crippen LogP contribution is 2.21. The van der Waals surface area contributed by atoms with Gasteiger partial charge in [-0.05, 0) is 55.5 Å². The van der Waals surface area contributed by atoms with Gasteiger partial charge >= 0.3 is 0 Å². The molecule has 5 rings (SSSR count). The van der Waals surface area contributed by atoms with Gasteiger partial charge in [0.1, 0.15) is 23.8 Å². The van der Waals surface area contributed by atoms with E-state index < -0.39 is 6.15 Å². The summed E-state index contributed by atoms with van der Waals surface area (Å²) in [4.78, 5) is 0. The Morgan fingerprint density at radius 3 is 1.41 bits per heavy atom. The zero-order valence-electron chi connectivity index (χ0n) is 25.0. The molecule has 0 amide bonds. The molecule has 5 aromatic rings. The van der Waals surface area contributed by atoms with E-state index in [1.54, 1.807) is 21.3 Å². The summed E-state index contributed by atoms with van der Waals surface area (Å²) in [5.41, 5.74) is 5.25. The van der Waals surface area contributed by atoms with Crippen LogP contribution in [0.3, 0.4) is 0 Å². The highest BCUT2D eigenvalue weighted by molar-refractivity contribution is 7.11. The molecule has 0 atom stereocenters. The van der Waals surface area contributed by atoms with Crippen LogP contribution in [0.2, 0.25) is 6.32 Å². The molecule has 0 unspecified atom stereocenters. The van der Waals surface area contributed by atoms with Crippen molar-refractivity contribution in [3.8, 4) is 17.2 Å². The molecular weight excluding hydrogens is 505 g/mol. The first-order valence-electron chi connectivity index (χ1n) is 14.6. The second-order valence-corrected chi connectivity index (χ2v) is 10.4. The van der Waals surface area contributed by atoms with Crippen LogP contribution in [0.25, 0.3) is 10.9 Å². The second kappa shape index (κ2) is 14.4. The minimum atomic E-state index is -1.14. The number of hydrogen-bond acceptors (Lipinski definition) is 3. The number of benzene rings is 4. The van der Waals surface area contributed by atoms with Crippen molar-refractivity contribution < 1.29 is 18.8 Å². The topological polar surface area (TPSA) is 31.6 Å². The molecular formula is C36H42BNO3. The number of nitrogens with zero attached hydrogens (tertiary/aromatic N) is 1. The molecule has 1 aromatic heterocycles. The van der Waals surface area contributed by atoms with Crippen molar-refractivity contribution in [2.45, 2.75) is 39.6 Å². The standard InChI is InChI=1S/C25H30BO3.C11H12N/c1-5-6-19-26(20-7-13-23(27-2)14-8-20,21-9-15-24(28-3)16-10-21)22-11-17-25(29-4)18-12-22;1-2-12-9-5-7-10-6-3-4-8-11(10)12/h7-18H,5-6,19H2,1-4H3;3-9H,2H2,1H3/q-1;+1. The average molecular weight is 548 g/mol. The van der Waals surface area contributed by atoms with Crippen molar-refractivity contribution in [1.82, 2.24) is 0 Å². The molecule has 0 aliphatic heterocycles. The Balaban J connectivity index is 0.000000267. The van der Waals surface area contributed by atoms with Gasteiger partial charge in [-0.3, -0.25) is 0 Å². The van der Waals surface area contributed by atoms with E-state index in [0.29, 0.717) is 0 Å². The molecule has 5 heteroatoms. The number of aryl methyl sites for hydroxylation is 1. The molecule has 0 aliphatic rings. The average Bonchev–Trinajstić information content (AvgIpc) is 3.06. The van der Waals surface area contributed by atoms with E-state index in [-0.39, 0.29) is 0 Å². The van der Waals surface area contributed by atoms with Crippen molar-refractivity contribution in [1.29, 1.82) is 0 Å². The van der Waals surface area contributed by atoms with Crippen molar-refractivity contribution in [2.24, 2.45) is 0 Å². The number of fused-ring (bicyclic) bond motifs is 1. The predicted molar refractivity (Wildman–Crippen MR) is 173 cm³/mol. The van der Waals surface area contributed by atoms with Crippen molar-refractivity contribution in [3.63, 3.8) is 0 Å². The Labute approximate surface area is 245 Å². The van der Waals surface area contributed by atoms with Gasteiger partial charge in [-0.25, -0.2) is 0 Å². The molecule has 0 spiro atoms. The summed E-state index contributed by atoms with van der Waals surface area (Å²) in [5, 5.41) is 1.31. The van der Waals surface area contributed by atoms with Gasteiger partial charge in [0.25, 0.3) is 0 Å². The molecule has 0 saturated heterocycles. The number of unbranched alkanes of at least 4 members (excludes halogenated alkanes) is 1. The molecule has 0 fully saturated rings. The lowest BCUT2D eigenvalue weighted by Gasteiger charge is -2.43. The first kappa shape index (κ1) is 29.7. The Morgan fingerprint density at radius 2 is 1.00 bits per heavy atom. The lowest BCUT2D eigenvalue weighted by atomic mass is 9.14. The highest BCUT2D eigenvalue weighted by atomic mass is 16.5. The summed E-state index contributed by atoms with van der Waals surface area (Å²) >= 11 is 0. The molecule has 1 heterocycles. The van der Waals surface area contributed by atoms with Gasteiger partial charge in [0.05, 0.1) is 27.5 Å². The summed E-state index contributed by atoms with van der Waals surface area (Å²) in [6.45, 7) is 5.44. The number of hydrogen-bond donors (Lipinski definition) is 0. The maximum Gasteiger partial charge on any atom is 0.212 e. The molecule has 41 heavy (non-hydrogen) atoms. The van der Waals surface area contributed by atoms with E-state index in [2.05, 4.69) is 134 Å². The second-order valence-electron chi connectivity index (χ2n) is 10.4. The summed E-state index contributed by atoms with van der Waals surface area (Å²) in [5.74, 6) is 2.62. The fraction of sp³-hybridized carbons (Fsp3) is 0.250. The van der Waals surface area contributed by atoms with Gasteiger partial charge in [-0.2, -0.15) is 27.3 Å². The van der Waals surface area contributed by atoms with Gasteiger partial charge in [0.2, 0.25) is 5.52 Å². The number of pyridine rings is 1. The Kier molecular flexibility index (Phi) is 10.4. The summed E-state index contributed by atoms with van der Waals surface area (Å²) in [6.07, 6.45) is 4.33. The Bertz CT molecular complexity index is 1380. The third-order valence-corrected chi connectivity index (χ3v) is 8.17. The van der Waals surface area contributed by atoms with Crippen molar-refractivity contribution >= 4 is 33.4 Å². The van der Waals surface area contributed by atoms with Crippen LogP contribution in [-0.2, 0) is 6.54 Å². The molecule has 4 nitrogen and oxygen atoms in total. The van der Waals surface area contributed by atoms with Gasteiger partial charge in [0.15, 0.2) is 6.20 Å². The molecule has 0 radical (unpaired) electrons. The highest BCUT2D eigenvalue weighted by Gasteiger charge is 2.29. The van der Waals surface area contributed by atoms with E-state index in [1.165, 1.54) is 27.3 Å². The van der Waals surface area contributed by atoms with Crippen LogP contribution < -0.4 is 35.2 Å². The van der Waals surface area contributed by atoms with Gasteiger partial charge in [-0.1, -0.05) is 68.3 Å². The maximum atomic E-state index is 5.41. The number of ether oxygens (including phenoxy) is 3.